The lowest BCUT2D eigenvalue weighted by Gasteiger charge is -2.09. The van der Waals surface area contributed by atoms with Crippen LogP contribution in [-0.4, -0.2) is 23.1 Å². The first kappa shape index (κ1) is 14.2. The van der Waals surface area contributed by atoms with E-state index in [-0.39, 0.29) is 0 Å². The Morgan fingerprint density at radius 1 is 1.39 bits per heavy atom. The molecule has 0 radical (unpaired) electrons. The predicted molar refractivity (Wildman–Crippen MR) is 68.0 cm³/mol. The number of hydrogen-bond acceptors (Lipinski definition) is 3. The largest absolute Gasteiger partial charge is 0.478 e. The molecule has 4 nitrogen and oxygen atoms in total. The zero-order valence-corrected chi connectivity index (χ0v) is 10.5. The molecule has 0 aromatic rings. The second kappa shape index (κ2) is 7.48. The molecule has 0 saturated carbocycles. The highest BCUT2D eigenvalue weighted by molar-refractivity contribution is 5.83. The fraction of sp³-hybridized carbons (Fsp3) is 0.429. The van der Waals surface area contributed by atoms with Crippen molar-refractivity contribution < 1.29 is 19.4 Å². The Hall–Kier alpha value is -1.84. The molecule has 4 heteroatoms. The lowest BCUT2D eigenvalue weighted by molar-refractivity contribution is -0.140. The van der Waals surface area contributed by atoms with Crippen molar-refractivity contribution in [1.29, 1.82) is 0 Å². The van der Waals surface area contributed by atoms with Crippen molar-refractivity contribution in [2.24, 2.45) is 0 Å². The number of esters is 1. The van der Waals surface area contributed by atoms with E-state index in [1.54, 1.807) is 13.0 Å². The predicted octanol–water partition coefficient (Wildman–Crippen LogP) is 2.62. The summed E-state index contributed by atoms with van der Waals surface area (Å²) in [4.78, 5) is 21.7. The van der Waals surface area contributed by atoms with Crippen molar-refractivity contribution in [2.45, 2.75) is 38.7 Å². The summed E-state index contributed by atoms with van der Waals surface area (Å²) in [6.45, 7) is 1.62. The second-order valence-electron chi connectivity index (χ2n) is 4.20. The molecule has 1 aliphatic rings. The highest BCUT2D eigenvalue weighted by Crippen LogP contribution is 2.18. The van der Waals surface area contributed by atoms with E-state index >= 15 is 0 Å². The molecule has 18 heavy (non-hydrogen) atoms. The van der Waals surface area contributed by atoms with E-state index in [9.17, 15) is 9.59 Å². The van der Waals surface area contributed by atoms with Crippen molar-refractivity contribution in [2.75, 3.05) is 0 Å². The fourth-order valence-electron chi connectivity index (χ4n) is 1.67. The van der Waals surface area contributed by atoms with E-state index in [1.165, 1.54) is 18.6 Å². The molecule has 98 valence electrons. The Kier molecular flexibility index (Phi) is 5.91. The van der Waals surface area contributed by atoms with E-state index < -0.39 is 18.0 Å². The highest BCUT2D eigenvalue weighted by Gasteiger charge is 2.05. The summed E-state index contributed by atoms with van der Waals surface area (Å²) in [5.74, 6) is -1.51. The summed E-state index contributed by atoms with van der Waals surface area (Å²) in [7, 11) is 0. The van der Waals surface area contributed by atoms with Crippen molar-refractivity contribution in [1.82, 2.24) is 0 Å². The van der Waals surface area contributed by atoms with Gasteiger partial charge in [0.25, 0.3) is 0 Å². The molecular formula is C14H18O4. The van der Waals surface area contributed by atoms with E-state index in [1.807, 2.05) is 0 Å². The lowest BCUT2D eigenvalue weighted by atomic mass is 9.99. The second-order valence-corrected chi connectivity index (χ2v) is 4.20. The smallest absolute Gasteiger partial charge is 0.331 e. The van der Waals surface area contributed by atoms with Gasteiger partial charge in [0, 0.05) is 12.2 Å². The number of aliphatic carboxylic acids is 1. The van der Waals surface area contributed by atoms with Crippen molar-refractivity contribution in [3.63, 3.8) is 0 Å². The Morgan fingerprint density at radius 3 is 2.78 bits per heavy atom. The molecule has 1 atom stereocenters. The molecule has 0 aromatic carbocycles. The maximum atomic E-state index is 11.4. The van der Waals surface area contributed by atoms with Crippen LogP contribution in [-0.2, 0) is 14.3 Å². The van der Waals surface area contributed by atoms with Crippen LogP contribution in [0.4, 0.5) is 0 Å². The Labute approximate surface area is 107 Å². The van der Waals surface area contributed by atoms with Crippen LogP contribution < -0.4 is 0 Å². The van der Waals surface area contributed by atoms with Crippen LogP contribution in [0.5, 0.6) is 0 Å². The summed E-state index contributed by atoms with van der Waals surface area (Å²) in [6, 6.07) is 0. The van der Waals surface area contributed by atoms with Crippen LogP contribution in [0, 0.1) is 0 Å². The summed E-state index contributed by atoms with van der Waals surface area (Å²) in [5.41, 5.74) is 1.16. The average Bonchev–Trinajstić information content (AvgIpc) is 2.35. The van der Waals surface area contributed by atoms with Gasteiger partial charge in [-0.2, -0.15) is 0 Å². The van der Waals surface area contributed by atoms with Crippen molar-refractivity contribution in [3.8, 4) is 0 Å². The normalized spacial score (nSPS) is 17.7. The van der Waals surface area contributed by atoms with Gasteiger partial charge in [0.15, 0.2) is 0 Å². The summed E-state index contributed by atoms with van der Waals surface area (Å²) in [6.07, 6.45) is 11.5. The molecule has 0 amide bonds. The third-order valence-electron chi connectivity index (χ3n) is 2.57. The van der Waals surface area contributed by atoms with E-state index in [0.29, 0.717) is 0 Å². The van der Waals surface area contributed by atoms with Gasteiger partial charge in [-0.05, 0) is 38.7 Å². The van der Waals surface area contributed by atoms with Gasteiger partial charge in [0.1, 0.15) is 6.10 Å². The zero-order chi connectivity index (χ0) is 13.4. The summed E-state index contributed by atoms with van der Waals surface area (Å²) < 4.78 is 4.99. The van der Waals surface area contributed by atoms with Gasteiger partial charge in [0.2, 0.25) is 0 Å². The van der Waals surface area contributed by atoms with Crippen LogP contribution in [0.15, 0.2) is 36.0 Å². The van der Waals surface area contributed by atoms with Crippen LogP contribution in [0.25, 0.3) is 0 Å². The van der Waals surface area contributed by atoms with Gasteiger partial charge in [-0.15, -0.1) is 0 Å². The number of hydrogen-bond donors (Lipinski definition) is 1. The first-order valence-corrected chi connectivity index (χ1v) is 6.07. The van der Waals surface area contributed by atoms with Crippen LogP contribution in [0.1, 0.15) is 32.6 Å². The first-order chi connectivity index (χ1) is 8.58. The number of ether oxygens (including phenoxy) is 1. The summed E-state index contributed by atoms with van der Waals surface area (Å²) >= 11 is 0. The molecule has 0 heterocycles. The third-order valence-corrected chi connectivity index (χ3v) is 2.57. The Balaban J connectivity index is 2.38. The maximum absolute atomic E-state index is 11.4. The molecule has 0 bridgehead atoms. The van der Waals surface area contributed by atoms with Crippen molar-refractivity contribution >= 4 is 11.9 Å². The number of carboxylic acid groups (broad SMARTS) is 1. The van der Waals surface area contributed by atoms with Gasteiger partial charge in [0.05, 0.1) is 0 Å². The lowest BCUT2D eigenvalue weighted by Crippen LogP contribution is -2.10. The van der Waals surface area contributed by atoms with Crippen molar-refractivity contribution in [3.05, 3.63) is 36.0 Å². The molecule has 0 aromatic heterocycles. The highest BCUT2D eigenvalue weighted by atomic mass is 16.5. The zero-order valence-electron chi connectivity index (χ0n) is 10.5. The topological polar surface area (TPSA) is 63.6 Å². The van der Waals surface area contributed by atoms with E-state index in [2.05, 4.69) is 6.08 Å². The van der Waals surface area contributed by atoms with Crippen LogP contribution in [0.2, 0.25) is 0 Å². The molecule has 1 aliphatic carbocycles. The molecular weight excluding hydrogens is 232 g/mol. The standard InChI is InChI=1S/C14H18O4/c1-11(7-9-13(15)16)18-14(17)10-8-12-5-3-2-4-6-12/h5,7-11H,2-4,6H2,1H3,(H,15,16)/b9-7-,10-8+/t11-/m1/s1. The average molecular weight is 250 g/mol. The Morgan fingerprint density at radius 2 is 2.17 bits per heavy atom. The van der Waals surface area contributed by atoms with Crippen LogP contribution in [0.3, 0.4) is 0 Å². The minimum Gasteiger partial charge on any atom is -0.478 e. The number of rotatable bonds is 5. The number of carbonyl (C=O) groups excluding carboxylic acids is 1. The van der Waals surface area contributed by atoms with Gasteiger partial charge >= 0.3 is 11.9 Å². The SMILES string of the molecule is C[C@H](/C=C\C(=O)O)OC(=O)/C=C/C1=CCCCC1. The fourth-order valence-corrected chi connectivity index (χ4v) is 1.67. The molecule has 0 fully saturated rings. The van der Waals surface area contributed by atoms with Gasteiger partial charge in [-0.1, -0.05) is 17.7 Å². The number of carbonyl (C=O) groups is 2. The Bertz CT molecular complexity index is 391. The molecule has 0 spiro atoms. The monoisotopic (exact) mass is 250 g/mol. The molecule has 0 unspecified atom stereocenters. The minimum atomic E-state index is -1.05. The quantitative estimate of drug-likeness (QED) is 0.601. The van der Waals surface area contributed by atoms with E-state index in [0.717, 1.165) is 30.9 Å². The molecule has 1 N–H and O–H groups in total. The molecule has 1 rings (SSSR count). The van der Waals surface area contributed by atoms with Gasteiger partial charge in [-0.3, -0.25) is 0 Å². The molecule has 0 aliphatic heterocycles. The first-order valence-electron chi connectivity index (χ1n) is 6.07. The third kappa shape index (κ3) is 6.03. The number of carboxylic acids is 1. The van der Waals surface area contributed by atoms with Gasteiger partial charge < -0.3 is 9.84 Å². The van der Waals surface area contributed by atoms with E-state index in [4.69, 9.17) is 9.84 Å². The number of allylic oxidation sites excluding steroid dienone is 3. The summed E-state index contributed by atoms with van der Waals surface area (Å²) in [5, 5.41) is 8.42. The molecule has 0 saturated heterocycles. The maximum Gasteiger partial charge on any atom is 0.331 e. The van der Waals surface area contributed by atoms with Crippen LogP contribution >= 0.6 is 0 Å². The van der Waals surface area contributed by atoms with Gasteiger partial charge in [-0.25, -0.2) is 9.59 Å². The minimum absolute atomic E-state index is 0.455.